The molecule has 4 amide bonds. The van der Waals surface area contributed by atoms with Crippen LogP contribution in [-0.4, -0.2) is 102 Å². The molecule has 1 aromatic rings. The number of alkyl halides is 5. The minimum absolute atomic E-state index is 0.0906. The van der Waals surface area contributed by atoms with Gasteiger partial charge < -0.3 is 35.6 Å². The van der Waals surface area contributed by atoms with Gasteiger partial charge in [-0.25, -0.2) is 4.79 Å². The normalized spacial score (nSPS) is 17.7. The van der Waals surface area contributed by atoms with E-state index >= 15 is 0 Å². The number of β-amino-alcohol motifs (C(OH)–C–C–N with tert-alkyl or cyclic N) is 1. The maximum absolute atomic E-state index is 13.3. The van der Waals surface area contributed by atoms with Crippen LogP contribution in [-0.2, 0) is 19.1 Å². The van der Waals surface area contributed by atoms with Gasteiger partial charge in [0, 0.05) is 6.54 Å². The number of carbonyl (C=O) groups is 4. The first-order chi connectivity index (χ1) is 17.6. The maximum Gasteiger partial charge on any atom is 0.455 e. The number of aliphatic hydroxyl groups is 3. The van der Waals surface area contributed by atoms with Gasteiger partial charge in [-0.05, 0) is 19.1 Å². The lowest BCUT2D eigenvalue weighted by Gasteiger charge is -2.28. The van der Waals surface area contributed by atoms with E-state index in [0.717, 1.165) is 15.1 Å². The quantitative estimate of drug-likeness (QED) is 0.201. The number of nitrogens with one attached hydrogen (secondary N) is 2. The molecule has 1 aliphatic heterocycles. The molecule has 212 valence electrons. The van der Waals surface area contributed by atoms with Gasteiger partial charge in [-0.1, -0.05) is 12.1 Å². The second-order valence-electron chi connectivity index (χ2n) is 8.13. The standard InChI is InChI=1S/C21H25F5N4O8/c1-19(37,16(34)27-11-20(22,23)21(24,25)26)17(35)28-12-10-30(18(36)38-9-8-32)14-5-3-2-4-13(14)29(6-7-31)15(12)33/h2-5,12,31-32,37H,6-11H2,1H3,(H,27,34)(H,28,35). The van der Waals surface area contributed by atoms with Crippen molar-refractivity contribution in [2.45, 2.75) is 30.7 Å². The number of amides is 4. The number of rotatable bonds is 9. The molecule has 1 heterocycles. The van der Waals surface area contributed by atoms with Crippen molar-refractivity contribution in [2.24, 2.45) is 0 Å². The molecule has 0 aromatic heterocycles. The van der Waals surface area contributed by atoms with E-state index in [4.69, 9.17) is 9.84 Å². The van der Waals surface area contributed by atoms with E-state index in [1.54, 1.807) is 0 Å². The number of aliphatic hydroxyl groups excluding tert-OH is 2. The molecule has 0 saturated carbocycles. The fourth-order valence-corrected chi connectivity index (χ4v) is 3.27. The van der Waals surface area contributed by atoms with E-state index < -0.39 is 80.5 Å². The fourth-order valence-electron chi connectivity index (χ4n) is 3.27. The van der Waals surface area contributed by atoms with Crippen molar-refractivity contribution in [3.63, 3.8) is 0 Å². The largest absolute Gasteiger partial charge is 0.455 e. The van der Waals surface area contributed by atoms with Crippen LogP contribution in [0.1, 0.15) is 6.92 Å². The lowest BCUT2D eigenvalue weighted by molar-refractivity contribution is -0.278. The Morgan fingerprint density at radius 3 is 2.21 bits per heavy atom. The Morgan fingerprint density at radius 2 is 1.66 bits per heavy atom. The summed E-state index contributed by atoms with van der Waals surface area (Å²) < 4.78 is 68.3. The van der Waals surface area contributed by atoms with Gasteiger partial charge in [-0.3, -0.25) is 19.3 Å². The number of hydrogen-bond acceptors (Lipinski definition) is 8. The number of halogens is 5. The Labute approximate surface area is 211 Å². The number of anilines is 2. The van der Waals surface area contributed by atoms with Crippen molar-refractivity contribution >= 4 is 35.2 Å². The maximum atomic E-state index is 13.3. The Kier molecular flexibility index (Phi) is 9.57. The van der Waals surface area contributed by atoms with E-state index in [0.29, 0.717) is 6.92 Å². The Hall–Kier alpha value is -3.57. The summed E-state index contributed by atoms with van der Waals surface area (Å²) in [6, 6.07) is 4.08. The van der Waals surface area contributed by atoms with Crippen LogP contribution in [0.4, 0.5) is 38.1 Å². The molecule has 1 aliphatic rings. The number of nitrogens with zero attached hydrogens (tertiary/aromatic N) is 2. The molecule has 1 aromatic carbocycles. The van der Waals surface area contributed by atoms with E-state index in [1.165, 1.54) is 24.3 Å². The van der Waals surface area contributed by atoms with Crippen LogP contribution in [0.5, 0.6) is 0 Å². The molecule has 0 spiro atoms. The van der Waals surface area contributed by atoms with Crippen LogP contribution in [0.2, 0.25) is 0 Å². The summed E-state index contributed by atoms with van der Waals surface area (Å²) in [6.07, 6.45) is -7.08. The van der Waals surface area contributed by atoms with Gasteiger partial charge in [-0.15, -0.1) is 0 Å². The highest BCUT2D eigenvalue weighted by Crippen LogP contribution is 2.35. The predicted molar refractivity (Wildman–Crippen MR) is 118 cm³/mol. The third-order valence-electron chi connectivity index (χ3n) is 5.33. The summed E-state index contributed by atoms with van der Waals surface area (Å²) in [7, 11) is 0. The van der Waals surface area contributed by atoms with Crippen LogP contribution in [0.25, 0.3) is 0 Å². The van der Waals surface area contributed by atoms with Crippen LogP contribution >= 0.6 is 0 Å². The topological polar surface area (TPSA) is 169 Å². The first-order valence-corrected chi connectivity index (χ1v) is 10.9. The zero-order valence-electron chi connectivity index (χ0n) is 19.8. The van der Waals surface area contributed by atoms with E-state index in [1.807, 2.05) is 5.32 Å². The molecule has 0 bridgehead atoms. The van der Waals surface area contributed by atoms with Gasteiger partial charge in [0.05, 0.1) is 37.7 Å². The highest BCUT2D eigenvalue weighted by Gasteiger charge is 2.58. The molecule has 2 rings (SSSR count). The first-order valence-electron chi connectivity index (χ1n) is 10.9. The van der Waals surface area contributed by atoms with Gasteiger partial charge in [0.2, 0.25) is 5.60 Å². The molecule has 5 N–H and O–H groups in total. The second-order valence-corrected chi connectivity index (χ2v) is 8.13. The van der Waals surface area contributed by atoms with Gasteiger partial charge >= 0.3 is 18.2 Å². The molecule has 0 radical (unpaired) electrons. The highest BCUT2D eigenvalue weighted by atomic mass is 19.4. The summed E-state index contributed by atoms with van der Waals surface area (Å²) in [5.41, 5.74) is -3.04. The zero-order chi connectivity index (χ0) is 28.9. The van der Waals surface area contributed by atoms with Gasteiger partial charge in [0.25, 0.3) is 17.7 Å². The van der Waals surface area contributed by atoms with Crippen LogP contribution < -0.4 is 20.4 Å². The molecule has 0 fully saturated rings. The number of carbonyl (C=O) groups excluding carboxylic acids is 4. The van der Waals surface area contributed by atoms with Crippen molar-refractivity contribution in [3.8, 4) is 0 Å². The number of fused-ring (bicyclic) bond motifs is 1. The van der Waals surface area contributed by atoms with Crippen LogP contribution in [0.3, 0.4) is 0 Å². The second kappa shape index (κ2) is 11.9. The van der Waals surface area contributed by atoms with E-state index in [9.17, 15) is 51.3 Å². The van der Waals surface area contributed by atoms with Crippen molar-refractivity contribution in [3.05, 3.63) is 24.3 Å². The van der Waals surface area contributed by atoms with Gasteiger partial charge in [0.15, 0.2) is 0 Å². The molecule has 2 unspecified atom stereocenters. The molecule has 38 heavy (non-hydrogen) atoms. The number of ether oxygens (including phenoxy) is 1. The minimum atomic E-state index is -6.01. The molecule has 2 atom stereocenters. The third kappa shape index (κ3) is 6.65. The average Bonchev–Trinajstić information content (AvgIpc) is 2.96. The Bertz CT molecular complexity index is 1050. The zero-order valence-corrected chi connectivity index (χ0v) is 19.8. The van der Waals surface area contributed by atoms with Crippen LogP contribution in [0, 0.1) is 0 Å². The van der Waals surface area contributed by atoms with Crippen molar-refractivity contribution in [2.75, 3.05) is 49.3 Å². The third-order valence-corrected chi connectivity index (χ3v) is 5.33. The monoisotopic (exact) mass is 556 g/mol. The molecule has 17 heteroatoms. The molecule has 12 nitrogen and oxygen atoms in total. The molecule has 0 aliphatic carbocycles. The van der Waals surface area contributed by atoms with Gasteiger partial charge in [0.1, 0.15) is 12.6 Å². The fraction of sp³-hybridized carbons (Fsp3) is 0.524. The molecule has 0 saturated heterocycles. The first kappa shape index (κ1) is 30.7. The molecular formula is C21H25F5N4O8. The minimum Gasteiger partial charge on any atom is -0.447 e. The molecular weight excluding hydrogens is 531 g/mol. The van der Waals surface area contributed by atoms with Gasteiger partial charge in [-0.2, -0.15) is 22.0 Å². The highest BCUT2D eigenvalue weighted by molar-refractivity contribution is 6.11. The van der Waals surface area contributed by atoms with E-state index in [-0.39, 0.29) is 17.9 Å². The van der Waals surface area contributed by atoms with Crippen molar-refractivity contribution in [1.82, 2.24) is 10.6 Å². The summed E-state index contributed by atoms with van der Waals surface area (Å²) in [6.45, 7) is -4.29. The average molecular weight is 556 g/mol. The predicted octanol–water partition coefficient (Wildman–Crippen LogP) is -0.490. The Balaban J connectivity index is 2.33. The summed E-state index contributed by atoms with van der Waals surface area (Å²) in [5.74, 6) is -9.88. The lowest BCUT2D eigenvalue weighted by atomic mass is 10.0. The lowest BCUT2D eigenvalue weighted by Crippen LogP contribution is -2.62. The summed E-state index contributed by atoms with van der Waals surface area (Å²) >= 11 is 0. The Morgan fingerprint density at radius 1 is 1.05 bits per heavy atom. The van der Waals surface area contributed by atoms with E-state index in [2.05, 4.69) is 0 Å². The number of hydrogen-bond donors (Lipinski definition) is 5. The van der Waals surface area contributed by atoms with Crippen molar-refractivity contribution in [1.29, 1.82) is 0 Å². The van der Waals surface area contributed by atoms with Crippen LogP contribution in [0.15, 0.2) is 24.3 Å². The number of para-hydroxylation sites is 2. The SMILES string of the molecule is CC(O)(C(=O)NCC(F)(F)C(F)(F)F)C(=O)NC1CN(C(=O)OCCO)c2ccccc2N(CCO)C1=O. The number of benzene rings is 1. The van der Waals surface area contributed by atoms with Crippen molar-refractivity contribution < 1.29 is 61.2 Å². The summed E-state index contributed by atoms with van der Waals surface area (Å²) in [5, 5.41) is 31.9. The smallest absolute Gasteiger partial charge is 0.447 e. The summed E-state index contributed by atoms with van der Waals surface area (Å²) in [4.78, 5) is 52.7.